The van der Waals surface area contributed by atoms with Crippen molar-refractivity contribution in [3.05, 3.63) is 62.8 Å². The maximum atomic E-state index is 12.9. The van der Waals surface area contributed by atoms with E-state index in [4.69, 9.17) is 16.3 Å². The van der Waals surface area contributed by atoms with Crippen molar-refractivity contribution in [1.82, 2.24) is 10.2 Å². The molecule has 1 aromatic carbocycles. The van der Waals surface area contributed by atoms with Crippen molar-refractivity contribution in [1.29, 1.82) is 0 Å². The number of carbonyl (C=O) groups excluding carboxylic acids is 1. The van der Waals surface area contributed by atoms with Gasteiger partial charge in [-0.05, 0) is 35.2 Å². The van der Waals surface area contributed by atoms with Gasteiger partial charge in [0.05, 0.1) is 29.8 Å². The molecule has 9 heteroatoms. The minimum absolute atomic E-state index is 0.0311. The van der Waals surface area contributed by atoms with Crippen LogP contribution in [0.15, 0.2) is 41.8 Å². The Morgan fingerprint density at radius 1 is 1.31 bits per heavy atom. The smallest absolute Gasteiger partial charge is 0.379 e. The number of rotatable bonds is 6. The summed E-state index contributed by atoms with van der Waals surface area (Å²) in [5, 5.41) is 4.46. The van der Waals surface area contributed by atoms with Gasteiger partial charge < -0.3 is 10.1 Å². The van der Waals surface area contributed by atoms with Crippen LogP contribution in [0.4, 0.5) is 13.2 Å². The van der Waals surface area contributed by atoms with Crippen molar-refractivity contribution in [2.24, 2.45) is 0 Å². The number of morpholine rings is 1. The zero-order valence-electron chi connectivity index (χ0n) is 15.4. The van der Waals surface area contributed by atoms with Crippen LogP contribution in [-0.2, 0) is 15.7 Å². The Labute approximate surface area is 175 Å². The van der Waals surface area contributed by atoms with Crippen LogP contribution in [0.25, 0.3) is 6.08 Å². The molecule has 1 aromatic heterocycles. The molecule has 1 N–H and O–H groups in total. The molecule has 1 fully saturated rings. The molecule has 2 heterocycles. The summed E-state index contributed by atoms with van der Waals surface area (Å²) in [6.45, 7) is 3.25. The number of halogens is 4. The largest absolute Gasteiger partial charge is 0.417 e. The molecule has 4 nitrogen and oxygen atoms in total. The van der Waals surface area contributed by atoms with E-state index >= 15 is 0 Å². The summed E-state index contributed by atoms with van der Waals surface area (Å²) in [7, 11) is 0. The fourth-order valence-corrected chi connectivity index (χ4v) is 4.16. The predicted octanol–water partition coefficient (Wildman–Crippen LogP) is 4.62. The maximum absolute atomic E-state index is 12.9. The molecule has 29 heavy (non-hydrogen) atoms. The van der Waals surface area contributed by atoms with Crippen molar-refractivity contribution in [3.8, 4) is 0 Å². The Bertz CT molecular complexity index is 850. The van der Waals surface area contributed by atoms with Gasteiger partial charge in [0.2, 0.25) is 5.91 Å². The first-order valence-corrected chi connectivity index (χ1v) is 10.3. The lowest BCUT2D eigenvalue weighted by molar-refractivity contribution is -0.137. The molecule has 1 aliphatic rings. The van der Waals surface area contributed by atoms with E-state index in [1.165, 1.54) is 24.3 Å². The Kier molecular flexibility index (Phi) is 7.34. The maximum Gasteiger partial charge on any atom is 0.417 e. The van der Waals surface area contributed by atoms with Crippen molar-refractivity contribution in [2.45, 2.75) is 12.2 Å². The second-order valence-corrected chi connectivity index (χ2v) is 7.88. The molecule has 0 saturated carbocycles. The summed E-state index contributed by atoms with van der Waals surface area (Å²) in [5.41, 5.74) is -0.674. The van der Waals surface area contributed by atoms with E-state index in [-0.39, 0.29) is 22.5 Å². The minimum Gasteiger partial charge on any atom is -0.379 e. The number of nitrogens with one attached hydrogen (secondary N) is 1. The number of thiophene rings is 1. The Hall–Kier alpha value is -1.87. The number of amides is 1. The quantitative estimate of drug-likeness (QED) is 0.661. The summed E-state index contributed by atoms with van der Waals surface area (Å²) >= 11 is 7.24. The zero-order chi connectivity index (χ0) is 20.9. The fourth-order valence-electron chi connectivity index (χ4n) is 3.07. The van der Waals surface area contributed by atoms with Gasteiger partial charge in [-0.15, -0.1) is 11.3 Å². The van der Waals surface area contributed by atoms with Gasteiger partial charge >= 0.3 is 6.18 Å². The first-order chi connectivity index (χ1) is 13.8. The molecule has 0 unspecified atom stereocenters. The van der Waals surface area contributed by atoms with Crippen molar-refractivity contribution >= 4 is 34.9 Å². The van der Waals surface area contributed by atoms with Gasteiger partial charge in [-0.1, -0.05) is 23.7 Å². The Morgan fingerprint density at radius 2 is 2.07 bits per heavy atom. The van der Waals surface area contributed by atoms with Gasteiger partial charge in [0.25, 0.3) is 0 Å². The number of ether oxygens (including phenoxy) is 1. The molecule has 1 saturated heterocycles. The number of nitrogens with zero attached hydrogens (tertiary/aromatic N) is 1. The molecule has 0 bridgehead atoms. The average molecular weight is 445 g/mol. The van der Waals surface area contributed by atoms with Crippen molar-refractivity contribution in [3.63, 3.8) is 0 Å². The van der Waals surface area contributed by atoms with Gasteiger partial charge in [-0.3, -0.25) is 9.69 Å². The van der Waals surface area contributed by atoms with E-state index < -0.39 is 11.7 Å². The summed E-state index contributed by atoms with van der Waals surface area (Å²) < 4.78 is 44.2. The lowest BCUT2D eigenvalue weighted by Crippen LogP contribution is -2.43. The summed E-state index contributed by atoms with van der Waals surface area (Å²) in [6.07, 6.45) is -1.97. The third-order valence-corrected chi connectivity index (χ3v) is 5.85. The normalized spacial score (nSPS) is 16.8. The Balaban J connectivity index is 1.63. The zero-order valence-corrected chi connectivity index (χ0v) is 17.0. The molecular weight excluding hydrogens is 425 g/mol. The van der Waals surface area contributed by atoms with Gasteiger partial charge in [0, 0.05) is 30.6 Å². The molecule has 2 aromatic rings. The number of benzene rings is 1. The fraction of sp³-hybridized carbons (Fsp3) is 0.350. The van der Waals surface area contributed by atoms with E-state index in [2.05, 4.69) is 10.2 Å². The third kappa shape index (κ3) is 6.05. The first kappa shape index (κ1) is 21.8. The molecule has 3 rings (SSSR count). The second kappa shape index (κ2) is 9.75. The summed E-state index contributed by atoms with van der Waals surface area (Å²) in [4.78, 5) is 15.6. The van der Waals surface area contributed by atoms with Crippen molar-refractivity contribution in [2.75, 3.05) is 32.8 Å². The standard InChI is InChI=1S/C20H20ClF3N2O2S/c21-16-5-3-14(12-15(16)20(22,23)24)4-6-19(27)25-13-17(18-2-1-11-29-18)26-7-9-28-10-8-26/h1-6,11-12,17H,7-10,13H2,(H,25,27)/b6-4+/t17-/m1/s1. The predicted molar refractivity (Wildman–Crippen MR) is 108 cm³/mol. The molecule has 156 valence electrons. The van der Waals surface area contributed by atoms with E-state index in [1.807, 2.05) is 17.5 Å². The van der Waals surface area contributed by atoms with E-state index in [0.29, 0.717) is 19.8 Å². The number of hydrogen-bond acceptors (Lipinski definition) is 4. The average Bonchev–Trinajstić information content (AvgIpc) is 3.22. The van der Waals surface area contributed by atoms with Crippen LogP contribution in [0.3, 0.4) is 0 Å². The van der Waals surface area contributed by atoms with Crippen LogP contribution in [0, 0.1) is 0 Å². The molecule has 0 radical (unpaired) electrons. The second-order valence-electron chi connectivity index (χ2n) is 6.50. The Morgan fingerprint density at radius 3 is 2.72 bits per heavy atom. The summed E-state index contributed by atoms with van der Waals surface area (Å²) in [6, 6.07) is 7.56. The SMILES string of the molecule is O=C(/C=C/c1ccc(Cl)c(C(F)(F)F)c1)NC[C@H](c1cccs1)N1CCOCC1. The monoisotopic (exact) mass is 444 g/mol. The van der Waals surface area contributed by atoms with Crippen LogP contribution in [0.2, 0.25) is 5.02 Å². The van der Waals surface area contributed by atoms with Gasteiger partial charge in [0.15, 0.2) is 0 Å². The van der Waals surface area contributed by atoms with E-state index in [0.717, 1.165) is 24.0 Å². The first-order valence-electron chi connectivity index (χ1n) is 9.02. The van der Waals surface area contributed by atoms with E-state index in [1.54, 1.807) is 11.3 Å². The lowest BCUT2D eigenvalue weighted by Gasteiger charge is -2.34. The van der Waals surface area contributed by atoms with Crippen LogP contribution >= 0.6 is 22.9 Å². The molecule has 1 atom stereocenters. The van der Waals surface area contributed by atoms with Crippen LogP contribution in [0.1, 0.15) is 22.0 Å². The van der Waals surface area contributed by atoms with Crippen LogP contribution in [0.5, 0.6) is 0 Å². The summed E-state index contributed by atoms with van der Waals surface area (Å²) in [5.74, 6) is -0.372. The molecular formula is C20H20ClF3N2O2S. The minimum atomic E-state index is -4.55. The molecule has 0 spiro atoms. The molecule has 0 aliphatic carbocycles. The lowest BCUT2D eigenvalue weighted by atomic mass is 10.1. The van der Waals surface area contributed by atoms with Crippen LogP contribution in [-0.4, -0.2) is 43.7 Å². The third-order valence-electron chi connectivity index (χ3n) is 4.55. The van der Waals surface area contributed by atoms with E-state index in [9.17, 15) is 18.0 Å². The topological polar surface area (TPSA) is 41.6 Å². The van der Waals surface area contributed by atoms with Crippen LogP contribution < -0.4 is 5.32 Å². The highest BCUT2D eigenvalue weighted by atomic mass is 35.5. The highest BCUT2D eigenvalue weighted by Crippen LogP contribution is 2.35. The highest BCUT2D eigenvalue weighted by molar-refractivity contribution is 7.10. The van der Waals surface area contributed by atoms with Gasteiger partial charge in [-0.2, -0.15) is 13.2 Å². The van der Waals surface area contributed by atoms with Gasteiger partial charge in [-0.25, -0.2) is 0 Å². The number of hydrogen-bond donors (Lipinski definition) is 1. The van der Waals surface area contributed by atoms with Gasteiger partial charge in [0.1, 0.15) is 0 Å². The van der Waals surface area contributed by atoms with Crippen molar-refractivity contribution < 1.29 is 22.7 Å². The molecule has 1 amide bonds. The number of carbonyl (C=O) groups is 1. The highest BCUT2D eigenvalue weighted by Gasteiger charge is 2.33. The molecule has 1 aliphatic heterocycles. The number of alkyl halides is 3.